The Morgan fingerprint density at radius 2 is 1.89 bits per heavy atom. The first-order chi connectivity index (χ1) is 8.95. The highest BCUT2D eigenvalue weighted by molar-refractivity contribution is 6.09. The molecule has 1 heterocycles. The number of aliphatic imine (C=N–C) groups is 1. The molecule has 1 aliphatic rings. The molecule has 2 N–H and O–H groups in total. The van der Waals surface area contributed by atoms with Crippen LogP contribution >= 0.6 is 0 Å². The molecule has 1 saturated heterocycles. The molecular weight excluding hydrogens is 238 g/mol. The number of carbonyl (C=O) groups excluding carboxylic acids is 1. The van der Waals surface area contributed by atoms with Gasteiger partial charge in [0.15, 0.2) is 5.96 Å². The van der Waals surface area contributed by atoms with Gasteiger partial charge in [-0.25, -0.2) is 0 Å². The van der Waals surface area contributed by atoms with Crippen LogP contribution in [0.25, 0.3) is 0 Å². The number of carbonyl (C=O) groups is 1. The van der Waals surface area contributed by atoms with Crippen LogP contribution in [0.3, 0.4) is 0 Å². The molecule has 1 atom stereocenters. The summed E-state index contributed by atoms with van der Waals surface area (Å²) < 4.78 is 0. The van der Waals surface area contributed by atoms with Crippen molar-refractivity contribution in [1.29, 1.82) is 0 Å². The third-order valence-electron chi connectivity index (χ3n) is 3.45. The Bertz CT molecular complexity index is 505. The zero-order valence-corrected chi connectivity index (χ0v) is 11.9. The van der Waals surface area contributed by atoms with E-state index in [1.807, 2.05) is 19.1 Å². The van der Waals surface area contributed by atoms with E-state index in [0.717, 1.165) is 12.0 Å². The third-order valence-corrected chi connectivity index (χ3v) is 3.45. The Kier molecular flexibility index (Phi) is 3.60. The maximum atomic E-state index is 12.1. The molecule has 0 spiro atoms. The number of rotatable bonds is 3. The Morgan fingerprint density at radius 3 is 2.37 bits per heavy atom. The van der Waals surface area contributed by atoms with E-state index in [-0.39, 0.29) is 5.91 Å². The highest BCUT2D eigenvalue weighted by Crippen LogP contribution is 2.25. The minimum Gasteiger partial charge on any atom is -0.338 e. The van der Waals surface area contributed by atoms with Crippen LogP contribution in [-0.2, 0) is 16.8 Å². The van der Waals surface area contributed by atoms with Crippen molar-refractivity contribution < 1.29 is 4.79 Å². The Labute approximate surface area is 114 Å². The highest BCUT2D eigenvalue weighted by atomic mass is 16.2. The van der Waals surface area contributed by atoms with Crippen molar-refractivity contribution in [1.82, 2.24) is 10.6 Å². The van der Waals surface area contributed by atoms with Crippen molar-refractivity contribution >= 4 is 11.9 Å². The van der Waals surface area contributed by atoms with Gasteiger partial charge in [-0.05, 0) is 30.4 Å². The van der Waals surface area contributed by atoms with E-state index in [2.05, 4.69) is 41.6 Å². The first-order valence-electron chi connectivity index (χ1n) is 6.61. The summed E-state index contributed by atoms with van der Waals surface area (Å²) in [4.78, 5) is 16.1. The molecule has 4 heteroatoms. The normalized spacial score (nSPS) is 24.7. The molecule has 1 aromatic carbocycles. The number of hydrogen-bond acceptors (Lipinski definition) is 2. The SMILES string of the molecule is CN=C1NC(=O)C(C)(c2ccc(CC(C)C)cc2)N1. The summed E-state index contributed by atoms with van der Waals surface area (Å²) in [6.07, 6.45) is 1.05. The van der Waals surface area contributed by atoms with Gasteiger partial charge in [-0.2, -0.15) is 0 Å². The molecule has 1 aromatic rings. The van der Waals surface area contributed by atoms with E-state index >= 15 is 0 Å². The van der Waals surface area contributed by atoms with Gasteiger partial charge < -0.3 is 5.32 Å². The zero-order valence-electron chi connectivity index (χ0n) is 11.9. The Morgan fingerprint density at radius 1 is 1.26 bits per heavy atom. The summed E-state index contributed by atoms with van der Waals surface area (Å²) >= 11 is 0. The van der Waals surface area contributed by atoms with Gasteiger partial charge in [0.05, 0.1) is 0 Å². The van der Waals surface area contributed by atoms with E-state index in [0.29, 0.717) is 11.9 Å². The molecule has 1 unspecified atom stereocenters. The van der Waals surface area contributed by atoms with Crippen LogP contribution in [0.2, 0.25) is 0 Å². The fraction of sp³-hybridized carbons (Fsp3) is 0.467. The topological polar surface area (TPSA) is 53.5 Å². The van der Waals surface area contributed by atoms with Crippen LogP contribution in [0.5, 0.6) is 0 Å². The molecule has 4 nitrogen and oxygen atoms in total. The maximum Gasteiger partial charge on any atom is 0.256 e. The molecule has 0 radical (unpaired) electrons. The van der Waals surface area contributed by atoms with E-state index in [4.69, 9.17) is 0 Å². The van der Waals surface area contributed by atoms with Gasteiger partial charge in [-0.15, -0.1) is 0 Å². The zero-order chi connectivity index (χ0) is 14.0. The lowest BCUT2D eigenvalue weighted by molar-refractivity contribution is -0.123. The summed E-state index contributed by atoms with van der Waals surface area (Å²) in [7, 11) is 1.65. The molecule has 0 saturated carbocycles. The first kappa shape index (κ1) is 13.6. The summed E-state index contributed by atoms with van der Waals surface area (Å²) in [6, 6.07) is 8.22. The number of guanidine groups is 1. The first-order valence-corrected chi connectivity index (χ1v) is 6.61. The largest absolute Gasteiger partial charge is 0.338 e. The number of amides is 1. The third kappa shape index (κ3) is 2.62. The van der Waals surface area contributed by atoms with Gasteiger partial charge >= 0.3 is 0 Å². The average molecular weight is 259 g/mol. The van der Waals surface area contributed by atoms with E-state index in [1.54, 1.807) is 7.05 Å². The van der Waals surface area contributed by atoms with Crippen molar-refractivity contribution in [3.8, 4) is 0 Å². The van der Waals surface area contributed by atoms with E-state index in [1.165, 1.54) is 5.56 Å². The lowest BCUT2D eigenvalue weighted by Crippen LogP contribution is -2.40. The van der Waals surface area contributed by atoms with Crippen molar-refractivity contribution in [2.45, 2.75) is 32.7 Å². The standard InChI is InChI=1S/C15H21N3O/c1-10(2)9-11-5-7-12(8-6-11)15(3)13(19)17-14(16-4)18-15/h5-8,10H,9H2,1-4H3,(H2,16,17,18,19). The number of hydrogen-bond donors (Lipinski definition) is 2. The summed E-state index contributed by atoms with van der Waals surface area (Å²) in [5.74, 6) is 1.09. The van der Waals surface area contributed by atoms with Crippen LogP contribution in [0.1, 0.15) is 31.9 Å². The minimum atomic E-state index is -0.731. The number of nitrogens with one attached hydrogen (secondary N) is 2. The van der Waals surface area contributed by atoms with Crippen LogP contribution in [0.15, 0.2) is 29.3 Å². The number of benzene rings is 1. The van der Waals surface area contributed by atoms with Crippen molar-refractivity contribution in [3.05, 3.63) is 35.4 Å². The van der Waals surface area contributed by atoms with Crippen LogP contribution in [-0.4, -0.2) is 18.9 Å². The van der Waals surface area contributed by atoms with Crippen molar-refractivity contribution in [3.63, 3.8) is 0 Å². The van der Waals surface area contributed by atoms with Crippen LogP contribution in [0, 0.1) is 5.92 Å². The van der Waals surface area contributed by atoms with Crippen molar-refractivity contribution in [2.75, 3.05) is 7.05 Å². The summed E-state index contributed by atoms with van der Waals surface area (Å²) in [5.41, 5.74) is 1.52. The molecule has 1 amide bonds. The lowest BCUT2D eigenvalue weighted by atomic mass is 9.90. The van der Waals surface area contributed by atoms with Gasteiger partial charge in [-0.3, -0.25) is 15.1 Å². The van der Waals surface area contributed by atoms with Gasteiger partial charge in [0.1, 0.15) is 5.54 Å². The summed E-state index contributed by atoms with van der Waals surface area (Å²) in [6.45, 7) is 6.27. The second kappa shape index (κ2) is 5.03. The predicted octanol–water partition coefficient (Wildman–Crippen LogP) is 1.81. The van der Waals surface area contributed by atoms with Gasteiger partial charge in [0, 0.05) is 7.05 Å². The maximum absolute atomic E-state index is 12.1. The fourth-order valence-corrected chi connectivity index (χ4v) is 2.32. The van der Waals surface area contributed by atoms with Crippen LogP contribution < -0.4 is 10.6 Å². The fourth-order valence-electron chi connectivity index (χ4n) is 2.32. The Hall–Kier alpha value is -1.84. The quantitative estimate of drug-likeness (QED) is 0.869. The lowest BCUT2D eigenvalue weighted by Gasteiger charge is -2.22. The van der Waals surface area contributed by atoms with Gasteiger partial charge in [0.25, 0.3) is 5.91 Å². The molecular formula is C15H21N3O. The molecule has 0 aliphatic carbocycles. The predicted molar refractivity (Wildman–Crippen MR) is 77.0 cm³/mol. The molecule has 102 valence electrons. The second-order valence-electron chi connectivity index (χ2n) is 5.57. The van der Waals surface area contributed by atoms with E-state index in [9.17, 15) is 4.79 Å². The Balaban J connectivity index is 2.24. The average Bonchev–Trinajstić information content (AvgIpc) is 2.66. The smallest absolute Gasteiger partial charge is 0.256 e. The van der Waals surface area contributed by atoms with E-state index < -0.39 is 5.54 Å². The molecule has 19 heavy (non-hydrogen) atoms. The molecule has 2 rings (SSSR count). The summed E-state index contributed by atoms with van der Waals surface area (Å²) in [5, 5.41) is 5.87. The minimum absolute atomic E-state index is 0.0651. The highest BCUT2D eigenvalue weighted by Gasteiger charge is 2.42. The monoisotopic (exact) mass is 259 g/mol. The molecule has 0 bridgehead atoms. The van der Waals surface area contributed by atoms with Crippen LogP contribution in [0.4, 0.5) is 0 Å². The van der Waals surface area contributed by atoms with Crippen molar-refractivity contribution in [2.24, 2.45) is 10.9 Å². The molecule has 1 fully saturated rings. The molecule has 0 aromatic heterocycles. The van der Waals surface area contributed by atoms with Gasteiger partial charge in [0.2, 0.25) is 0 Å². The molecule has 1 aliphatic heterocycles. The number of nitrogens with zero attached hydrogens (tertiary/aromatic N) is 1. The second-order valence-corrected chi connectivity index (χ2v) is 5.57. The van der Waals surface area contributed by atoms with Gasteiger partial charge in [-0.1, -0.05) is 38.1 Å².